The van der Waals surface area contributed by atoms with Gasteiger partial charge in [-0.15, -0.1) is 0 Å². The lowest BCUT2D eigenvalue weighted by atomic mass is 9.95. The van der Waals surface area contributed by atoms with E-state index in [1.807, 2.05) is 26.0 Å². The summed E-state index contributed by atoms with van der Waals surface area (Å²) in [5.74, 6) is 0.0207. The van der Waals surface area contributed by atoms with Crippen LogP contribution in [0.4, 0.5) is 5.69 Å². The summed E-state index contributed by atoms with van der Waals surface area (Å²) in [4.78, 5) is 28.0. The number of benzene rings is 3. The highest BCUT2D eigenvalue weighted by Gasteiger charge is 2.47. The zero-order valence-electron chi connectivity index (χ0n) is 18.8. The summed E-state index contributed by atoms with van der Waals surface area (Å²) in [7, 11) is 0. The quantitative estimate of drug-likeness (QED) is 0.338. The van der Waals surface area contributed by atoms with E-state index < -0.39 is 17.7 Å². The maximum absolute atomic E-state index is 13.3. The molecular weight excluding hydrogens is 434 g/mol. The molecule has 3 aromatic carbocycles. The minimum atomic E-state index is -0.836. The molecule has 0 spiro atoms. The minimum Gasteiger partial charge on any atom is -0.507 e. The van der Waals surface area contributed by atoms with Gasteiger partial charge in [-0.1, -0.05) is 42.0 Å². The Balaban J connectivity index is 1.67. The number of hydrogen-bond donors (Lipinski definition) is 1. The van der Waals surface area contributed by atoms with Crippen LogP contribution in [0.3, 0.4) is 0 Å². The average molecular weight is 457 g/mol. The van der Waals surface area contributed by atoms with Gasteiger partial charge in [0.1, 0.15) is 11.5 Å². The second kappa shape index (κ2) is 8.59. The van der Waals surface area contributed by atoms with Crippen molar-refractivity contribution in [3.05, 3.63) is 89.0 Å². The second-order valence-electron chi connectivity index (χ2n) is 8.07. The van der Waals surface area contributed by atoms with Gasteiger partial charge in [-0.2, -0.15) is 0 Å². The number of amides is 1. The predicted octanol–water partition coefficient (Wildman–Crippen LogP) is 4.75. The molecule has 1 fully saturated rings. The van der Waals surface area contributed by atoms with Crippen molar-refractivity contribution in [2.75, 3.05) is 18.3 Å². The van der Waals surface area contributed by atoms with Gasteiger partial charge >= 0.3 is 0 Å². The first-order valence-corrected chi connectivity index (χ1v) is 11.0. The van der Waals surface area contributed by atoms with Crippen molar-refractivity contribution < 1.29 is 28.9 Å². The number of aliphatic hydroxyl groups excluding tert-OH is 1. The van der Waals surface area contributed by atoms with E-state index in [0.29, 0.717) is 40.7 Å². The van der Waals surface area contributed by atoms with Gasteiger partial charge in [0.05, 0.1) is 18.2 Å². The molecule has 3 aromatic rings. The van der Waals surface area contributed by atoms with Crippen molar-refractivity contribution in [2.45, 2.75) is 19.9 Å². The van der Waals surface area contributed by atoms with Gasteiger partial charge in [-0.05, 0) is 43.7 Å². The Morgan fingerprint density at radius 3 is 2.41 bits per heavy atom. The molecule has 1 N–H and O–H groups in total. The summed E-state index contributed by atoms with van der Waals surface area (Å²) >= 11 is 0. The first-order chi connectivity index (χ1) is 16.5. The fraction of sp³-hybridized carbons (Fsp3) is 0.185. The molecule has 1 saturated heterocycles. The van der Waals surface area contributed by atoms with E-state index >= 15 is 0 Å². The number of nitrogens with zero attached hydrogens (tertiary/aromatic N) is 1. The summed E-state index contributed by atoms with van der Waals surface area (Å²) in [6.07, 6.45) is 0. The number of carbonyl (C=O) groups excluding carboxylic acids is 2. The van der Waals surface area contributed by atoms with E-state index in [-0.39, 0.29) is 18.1 Å². The largest absolute Gasteiger partial charge is 0.507 e. The van der Waals surface area contributed by atoms with Crippen LogP contribution in [0.2, 0.25) is 0 Å². The van der Waals surface area contributed by atoms with E-state index in [1.165, 1.54) is 4.90 Å². The maximum atomic E-state index is 13.3. The average Bonchev–Trinajstić information content (AvgIpc) is 3.42. The van der Waals surface area contributed by atoms with Crippen LogP contribution in [0, 0.1) is 6.92 Å². The topological polar surface area (TPSA) is 85.3 Å². The molecule has 0 bridgehead atoms. The monoisotopic (exact) mass is 457 g/mol. The van der Waals surface area contributed by atoms with Gasteiger partial charge in [-0.25, -0.2) is 0 Å². The van der Waals surface area contributed by atoms with Crippen LogP contribution in [-0.4, -0.2) is 30.2 Å². The number of ether oxygens (including phenoxy) is 3. The molecule has 2 aliphatic heterocycles. The SMILES string of the molecule is CCOc1ccc(C2/C(=C(\O)c3ccc(C)cc3)C(=O)C(=O)N2c2ccc3c(c2)OCO3)cc1. The fourth-order valence-corrected chi connectivity index (χ4v) is 4.23. The highest BCUT2D eigenvalue weighted by atomic mass is 16.7. The van der Waals surface area contributed by atoms with Crippen molar-refractivity contribution in [2.24, 2.45) is 0 Å². The van der Waals surface area contributed by atoms with Gasteiger partial charge in [0, 0.05) is 17.3 Å². The smallest absolute Gasteiger partial charge is 0.300 e. The third kappa shape index (κ3) is 3.65. The van der Waals surface area contributed by atoms with E-state index in [9.17, 15) is 14.7 Å². The number of fused-ring (bicyclic) bond motifs is 1. The van der Waals surface area contributed by atoms with Crippen LogP contribution in [0.25, 0.3) is 5.76 Å². The lowest BCUT2D eigenvalue weighted by molar-refractivity contribution is -0.132. The number of ketones is 1. The molecule has 7 nitrogen and oxygen atoms in total. The Bertz CT molecular complexity index is 1290. The van der Waals surface area contributed by atoms with Gasteiger partial charge in [0.15, 0.2) is 11.5 Å². The molecule has 2 heterocycles. The number of rotatable bonds is 5. The molecule has 1 unspecified atom stereocenters. The second-order valence-corrected chi connectivity index (χ2v) is 8.07. The molecule has 2 aliphatic rings. The van der Waals surface area contributed by atoms with E-state index in [2.05, 4.69) is 0 Å². The zero-order valence-corrected chi connectivity index (χ0v) is 18.8. The number of Topliss-reactive ketones (excluding diaryl/α,β-unsaturated/α-hetero) is 1. The summed E-state index contributed by atoms with van der Waals surface area (Å²) in [6.45, 7) is 4.43. The standard InChI is InChI=1S/C27H23NO6/c1-3-32-20-11-8-17(9-12-20)24-23(25(29)18-6-4-16(2)5-7-18)26(30)27(31)28(24)19-10-13-21-22(14-19)34-15-33-21/h4-14,24,29H,3,15H2,1-2H3/b25-23+. The van der Waals surface area contributed by atoms with Crippen LogP contribution in [0.1, 0.15) is 29.7 Å². The van der Waals surface area contributed by atoms with E-state index in [4.69, 9.17) is 14.2 Å². The lowest BCUT2D eigenvalue weighted by Crippen LogP contribution is -2.29. The summed E-state index contributed by atoms with van der Waals surface area (Å²) < 4.78 is 16.4. The van der Waals surface area contributed by atoms with Crippen molar-refractivity contribution in [1.82, 2.24) is 0 Å². The number of carbonyl (C=O) groups is 2. The first-order valence-electron chi connectivity index (χ1n) is 11.0. The highest BCUT2D eigenvalue weighted by molar-refractivity contribution is 6.51. The Labute approximate surface area is 196 Å². The Morgan fingerprint density at radius 1 is 1.00 bits per heavy atom. The van der Waals surface area contributed by atoms with Crippen LogP contribution in [0.5, 0.6) is 17.2 Å². The van der Waals surface area contributed by atoms with Gasteiger partial charge in [-0.3, -0.25) is 14.5 Å². The fourth-order valence-electron chi connectivity index (χ4n) is 4.23. The zero-order chi connectivity index (χ0) is 23.8. The van der Waals surface area contributed by atoms with Gasteiger partial charge < -0.3 is 19.3 Å². The Kier molecular flexibility index (Phi) is 5.45. The first kappa shape index (κ1) is 21.6. The molecule has 5 rings (SSSR count). The van der Waals surface area contributed by atoms with E-state index in [1.54, 1.807) is 54.6 Å². The van der Waals surface area contributed by atoms with Crippen molar-refractivity contribution in [3.8, 4) is 17.2 Å². The van der Waals surface area contributed by atoms with Crippen LogP contribution >= 0.6 is 0 Å². The summed E-state index contributed by atoms with van der Waals surface area (Å²) in [6, 6.07) is 18.5. The number of anilines is 1. The van der Waals surface area contributed by atoms with Crippen LogP contribution in [0.15, 0.2) is 72.3 Å². The third-order valence-electron chi connectivity index (χ3n) is 5.91. The molecule has 0 aromatic heterocycles. The van der Waals surface area contributed by atoms with Crippen molar-refractivity contribution in [3.63, 3.8) is 0 Å². The maximum Gasteiger partial charge on any atom is 0.300 e. The molecule has 1 amide bonds. The van der Waals surface area contributed by atoms with Crippen LogP contribution < -0.4 is 19.1 Å². The molecule has 7 heteroatoms. The molecule has 0 radical (unpaired) electrons. The molecule has 1 atom stereocenters. The number of aryl methyl sites for hydroxylation is 1. The molecule has 172 valence electrons. The Morgan fingerprint density at radius 2 is 1.71 bits per heavy atom. The van der Waals surface area contributed by atoms with Gasteiger partial charge in [0.2, 0.25) is 6.79 Å². The predicted molar refractivity (Wildman–Crippen MR) is 126 cm³/mol. The van der Waals surface area contributed by atoms with Crippen LogP contribution in [-0.2, 0) is 9.59 Å². The van der Waals surface area contributed by atoms with E-state index in [0.717, 1.165) is 5.56 Å². The highest BCUT2D eigenvalue weighted by Crippen LogP contribution is 2.45. The van der Waals surface area contributed by atoms with Crippen molar-refractivity contribution in [1.29, 1.82) is 0 Å². The minimum absolute atomic E-state index is 0.0238. The number of aliphatic hydroxyl groups is 1. The molecule has 34 heavy (non-hydrogen) atoms. The number of hydrogen-bond acceptors (Lipinski definition) is 6. The Hall–Kier alpha value is -4.26. The lowest BCUT2D eigenvalue weighted by Gasteiger charge is -2.25. The summed E-state index contributed by atoms with van der Waals surface area (Å²) in [5.41, 5.74) is 2.63. The third-order valence-corrected chi connectivity index (χ3v) is 5.91. The molecular formula is C27H23NO6. The normalized spacial score (nSPS) is 18.4. The van der Waals surface area contributed by atoms with Crippen molar-refractivity contribution >= 4 is 23.1 Å². The van der Waals surface area contributed by atoms with Gasteiger partial charge in [0.25, 0.3) is 11.7 Å². The molecule has 0 saturated carbocycles. The summed E-state index contributed by atoms with van der Waals surface area (Å²) in [5, 5.41) is 11.2. The molecule has 0 aliphatic carbocycles.